The predicted molar refractivity (Wildman–Crippen MR) is 95.2 cm³/mol. The second-order valence-electron chi connectivity index (χ2n) is 5.67. The summed E-state index contributed by atoms with van der Waals surface area (Å²) in [5.74, 6) is 2.08. The zero-order valence-corrected chi connectivity index (χ0v) is 14.8. The van der Waals surface area contributed by atoms with E-state index in [1.165, 1.54) is 11.1 Å². The first-order valence-electron chi connectivity index (χ1n) is 7.99. The normalized spacial score (nSPS) is 13.3. The van der Waals surface area contributed by atoms with Crippen LogP contribution in [0.15, 0.2) is 48.5 Å². The molecule has 24 heavy (non-hydrogen) atoms. The first kappa shape index (κ1) is 18.3. The number of hydrogen-bond donors (Lipinski definition) is 0. The molecule has 2 rings (SSSR count). The average molecular weight is 330 g/mol. The Hall–Kier alpha value is -2.04. The third-order valence-electron chi connectivity index (χ3n) is 4.27. The predicted octanol–water partition coefficient (Wildman–Crippen LogP) is 3.86. The summed E-state index contributed by atoms with van der Waals surface area (Å²) in [4.78, 5) is 0. The molecule has 2 atom stereocenters. The molecule has 0 amide bonds. The quantitative estimate of drug-likeness (QED) is 0.699. The Morgan fingerprint density at radius 2 is 0.917 bits per heavy atom. The van der Waals surface area contributed by atoms with Gasteiger partial charge in [0, 0.05) is 26.1 Å². The first-order chi connectivity index (χ1) is 11.7. The van der Waals surface area contributed by atoms with Crippen LogP contribution in [0.5, 0.6) is 11.5 Å². The molecular weight excluding hydrogens is 304 g/mol. The lowest BCUT2D eigenvalue weighted by molar-refractivity contribution is 0.127. The molecule has 2 unspecified atom stereocenters. The smallest absolute Gasteiger partial charge is 0.118 e. The van der Waals surface area contributed by atoms with E-state index in [0.717, 1.165) is 11.5 Å². The van der Waals surface area contributed by atoms with Gasteiger partial charge in [0.1, 0.15) is 11.5 Å². The van der Waals surface area contributed by atoms with E-state index in [1.807, 2.05) is 24.3 Å². The van der Waals surface area contributed by atoms with E-state index < -0.39 is 0 Å². The molecule has 130 valence electrons. The fourth-order valence-electron chi connectivity index (χ4n) is 2.95. The summed E-state index contributed by atoms with van der Waals surface area (Å²) in [5.41, 5.74) is 2.41. The van der Waals surface area contributed by atoms with E-state index in [2.05, 4.69) is 24.3 Å². The van der Waals surface area contributed by atoms with Gasteiger partial charge in [-0.15, -0.1) is 0 Å². The molecule has 4 heteroatoms. The molecule has 0 aromatic heterocycles. The number of hydrogen-bond acceptors (Lipinski definition) is 4. The molecule has 0 N–H and O–H groups in total. The maximum Gasteiger partial charge on any atom is 0.118 e. The largest absolute Gasteiger partial charge is 0.497 e. The minimum atomic E-state index is 0.189. The molecule has 0 bridgehead atoms. The highest BCUT2D eigenvalue weighted by Crippen LogP contribution is 2.35. The van der Waals surface area contributed by atoms with Crippen molar-refractivity contribution in [3.63, 3.8) is 0 Å². The lowest BCUT2D eigenvalue weighted by atomic mass is 9.82. The molecule has 0 spiro atoms. The molecule has 0 saturated heterocycles. The SMILES string of the molecule is COCC(c1ccc(OC)cc1)C(COC)c1ccc(OC)cc1. The van der Waals surface area contributed by atoms with Crippen molar-refractivity contribution in [2.24, 2.45) is 0 Å². The third-order valence-corrected chi connectivity index (χ3v) is 4.27. The van der Waals surface area contributed by atoms with Crippen molar-refractivity contribution in [1.82, 2.24) is 0 Å². The maximum atomic E-state index is 5.50. The van der Waals surface area contributed by atoms with Crippen LogP contribution in [-0.2, 0) is 9.47 Å². The first-order valence-corrected chi connectivity index (χ1v) is 7.99. The highest BCUT2D eigenvalue weighted by molar-refractivity contribution is 5.35. The van der Waals surface area contributed by atoms with Gasteiger partial charge in [-0.1, -0.05) is 24.3 Å². The number of ether oxygens (including phenoxy) is 4. The fourth-order valence-corrected chi connectivity index (χ4v) is 2.95. The van der Waals surface area contributed by atoms with Crippen LogP contribution in [0, 0.1) is 0 Å². The van der Waals surface area contributed by atoms with Crippen molar-refractivity contribution in [2.75, 3.05) is 41.7 Å². The van der Waals surface area contributed by atoms with Crippen LogP contribution in [-0.4, -0.2) is 41.7 Å². The van der Waals surface area contributed by atoms with Gasteiger partial charge in [0.25, 0.3) is 0 Å². The van der Waals surface area contributed by atoms with E-state index in [0.29, 0.717) is 13.2 Å². The molecule has 0 fully saturated rings. The molecule has 2 aromatic rings. The van der Waals surface area contributed by atoms with E-state index in [1.54, 1.807) is 28.4 Å². The molecule has 0 radical (unpaired) electrons. The van der Waals surface area contributed by atoms with Crippen molar-refractivity contribution in [1.29, 1.82) is 0 Å². The lowest BCUT2D eigenvalue weighted by Crippen LogP contribution is -2.20. The zero-order valence-electron chi connectivity index (χ0n) is 14.8. The molecule has 2 aromatic carbocycles. The fraction of sp³-hybridized carbons (Fsp3) is 0.400. The number of rotatable bonds is 9. The summed E-state index contributed by atoms with van der Waals surface area (Å²) >= 11 is 0. The summed E-state index contributed by atoms with van der Waals surface area (Å²) in [6, 6.07) is 16.3. The minimum Gasteiger partial charge on any atom is -0.497 e. The van der Waals surface area contributed by atoms with E-state index in [4.69, 9.17) is 18.9 Å². The van der Waals surface area contributed by atoms with E-state index >= 15 is 0 Å². The van der Waals surface area contributed by atoms with Crippen LogP contribution in [0.2, 0.25) is 0 Å². The van der Waals surface area contributed by atoms with Gasteiger partial charge in [-0.05, 0) is 35.4 Å². The Bertz CT molecular complexity index is 537. The van der Waals surface area contributed by atoms with Gasteiger partial charge in [-0.3, -0.25) is 0 Å². The standard InChI is InChI=1S/C20H26O4/c1-21-13-19(15-5-9-17(23-3)10-6-15)20(14-22-2)16-7-11-18(24-4)12-8-16/h5-12,19-20H,13-14H2,1-4H3. The molecule has 4 nitrogen and oxygen atoms in total. The lowest BCUT2D eigenvalue weighted by Gasteiger charge is -2.27. The topological polar surface area (TPSA) is 36.9 Å². The number of benzene rings is 2. The van der Waals surface area contributed by atoms with Gasteiger partial charge >= 0.3 is 0 Å². The summed E-state index contributed by atoms with van der Waals surface area (Å²) in [6.07, 6.45) is 0. The Labute approximate surface area is 144 Å². The highest BCUT2D eigenvalue weighted by Gasteiger charge is 2.25. The van der Waals surface area contributed by atoms with Crippen LogP contribution in [0.25, 0.3) is 0 Å². The third kappa shape index (κ3) is 4.49. The number of methoxy groups -OCH3 is 4. The van der Waals surface area contributed by atoms with Crippen molar-refractivity contribution in [3.05, 3.63) is 59.7 Å². The Balaban J connectivity index is 2.33. The summed E-state index contributed by atoms with van der Waals surface area (Å²) in [5, 5.41) is 0. The van der Waals surface area contributed by atoms with Crippen LogP contribution in [0.1, 0.15) is 23.0 Å². The van der Waals surface area contributed by atoms with Gasteiger partial charge in [-0.25, -0.2) is 0 Å². The Morgan fingerprint density at radius 3 is 1.17 bits per heavy atom. The van der Waals surface area contributed by atoms with Crippen molar-refractivity contribution in [3.8, 4) is 11.5 Å². The molecule has 0 saturated carbocycles. The maximum absolute atomic E-state index is 5.50. The molecule has 0 aliphatic rings. The summed E-state index contributed by atoms with van der Waals surface area (Å²) < 4.78 is 21.5. The minimum absolute atomic E-state index is 0.189. The van der Waals surface area contributed by atoms with E-state index in [-0.39, 0.29) is 11.8 Å². The van der Waals surface area contributed by atoms with Crippen LogP contribution < -0.4 is 9.47 Å². The van der Waals surface area contributed by atoms with Gasteiger partial charge in [0.15, 0.2) is 0 Å². The van der Waals surface area contributed by atoms with Crippen molar-refractivity contribution in [2.45, 2.75) is 11.8 Å². The zero-order chi connectivity index (χ0) is 17.4. The van der Waals surface area contributed by atoms with Crippen molar-refractivity contribution < 1.29 is 18.9 Å². The van der Waals surface area contributed by atoms with Crippen LogP contribution in [0.3, 0.4) is 0 Å². The summed E-state index contributed by atoms with van der Waals surface area (Å²) in [7, 11) is 6.81. The van der Waals surface area contributed by atoms with Crippen molar-refractivity contribution >= 4 is 0 Å². The molecular formula is C20H26O4. The molecule has 0 heterocycles. The van der Waals surface area contributed by atoms with E-state index in [9.17, 15) is 0 Å². The van der Waals surface area contributed by atoms with Crippen LogP contribution >= 0.6 is 0 Å². The second-order valence-corrected chi connectivity index (χ2v) is 5.67. The van der Waals surface area contributed by atoms with Crippen LogP contribution in [0.4, 0.5) is 0 Å². The highest BCUT2D eigenvalue weighted by atomic mass is 16.5. The van der Waals surface area contributed by atoms with Gasteiger partial charge < -0.3 is 18.9 Å². The van der Waals surface area contributed by atoms with Gasteiger partial charge in [0.05, 0.1) is 27.4 Å². The van der Waals surface area contributed by atoms with Gasteiger partial charge in [-0.2, -0.15) is 0 Å². The summed E-state index contributed by atoms with van der Waals surface area (Å²) in [6.45, 7) is 1.23. The second kappa shape index (κ2) is 9.30. The average Bonchev–Trinajstić information content (AvgIpc) is 2.65. The Kier molecular flexibility index (Phi) is 7.09. The molecule has 0 aliphatic carbocycles. The monoisotopic (exact) mass is 330 g/mol. The van der Waals surface area contributed by atoms with Gasteiger partial charge in [0.2, 0.25) is 0 Å². The molecule has 0 aliphatic heterocycles. The Morgan fingerprint density at radius 1 is 0.583 bits per heavy atom.